The molecule has 0 bridgehead atoms. The fourth-order valence-corrected chi connectivity index (χ4v) is 3.62. The number of hydrogen-bond donors (Lipinski definition) is 0. The normalized spacial score (nSPS) is 21.7. The molecule has 0 aliphatic heterocycles. The fourth-order valence-electron chi connectivity index (χ4n) is 3.62. The molecule has 1 fully saturated rings. The van der Waals surface area contributed by atoms with Gasteiger partial charge in [0.1, 0.15) is 0 Å². The maximum absolute atomic E-state index is 4.53. The summed E-state index contributed by atoms with van der Waals surface area (Å²) in [5, 5.41) is 0. The van der Waals surface area contributed by atoms with E-state index in [1.54, 1.807) is 5.56 Å². The van der Waals surface area contributed by atoms with Crippen LogP contribution in [-0.4, -0.2) is 4.98 Å². The Morgan fingerprint density at radius 3 is 2.18 bits per heavy atom. The Morgan fingerprint density at radius 2 is 1.55 bits per heavy atom. The highest BCUT2D eigenvalue weighted by atomic mass is 14.7. The van der Waals surface area contributed by atoms with Gasteiger partial charge in [0, 0.05) is 11.9 Å². The van der Waals surface area contributed by atoms with E-state index in [0.29, 0.717) is 0 Å². The molecule has 116 valence electrons. The number of nitrogens with zero attached hydrogens (tertiary/aromatic N) is 1. The lowest BCUT2D eigenvalue weighted by Crippen LogP contribution is -2.14. The topological polar surface area (TPSA) is 12.9 Å². The molecule has 1 heterocycles. The van der Waals surface area contributed by atoms with Gasteiger partial charge in [0.05, 0.1) is 0 Å². The molecular weight excluding hydrogens is 266 g/mol. The van der Waals surface area contributed by atoms with E-state index in [-0.39, 0.29) is 0 Å². The van der Waals surface area contributed by atoms with Gasteiger partial charge < -0.3 is 0 Å². The number of benzene rings is 1. The minimum Gasteiger partial charge on any atom is -0.261 e. The van der Waals surface area contributed by atoms with Gasteiger partial charge in [0.25, 0.3) is 0 Å². The fraction of sp³-hybridized carbons (Fsp3) is 0.476. The third-order valence-electron chi connectivity index (χ3n) is 5.18. The highest BCUT2D eigenvalue weighted by molar-refractivity contribution is 5.24. The van der Waals surface area contributed by atoms with Crippen LogP contribution in [0, 0.1) is 19.8 Å². The summed E-state index contributed by atoms with van der Waals surface area (Å²) in [5.41, 5.74) is 5.42. The molecule has 0 spiro atoms. The Labute approximate surface area is 134 Å². The number of aryl methyl sites for hydroxylation is 3. The van der Waals surface area contributed by atoms with Crippen LogP contribution in [0.15, 0.2) is 42.6 Å². The van der Waals surface area contributed by atoms with Gasteiger partial charge in [0.15, 0.2) is 0 Å². The molecule has 0 amide bonds. The molecule has 2 aromatic rings. The zero-order chi connectivity index (χ0) is 15.4. The van der Waals surface area contributed by atoms with E-state index in [2.05, 4.69) is 55.2 Å². The molecule has 0 unspecified atom stereocenters. The van der Waals surface area contributed by atoms with E-state index in [1.165, 1.54) is 48.9 Å². The van der Waals surface area contributed by atoms with Crippen LogP contribution in [-0.2, 0) is 6.42 Å². The number of aromatic nitrogens is 1. The van der Waals surface area contributed by atoms with Crippen LogP contribution in [0.5, 0.6) is 0 Å². The predicted octanol–water partition coefficient (Wildman–Crippen LogP) is 5.61. The molecule has 1 aliphatic carbocycles. The summed E-state index contributed by atoms with van der Waals surface area (Å²) in [6.07, 6.45) is 9.90. The van der Waals surface area contributed by atoms with E-state index >= 15 is 0 Å². The molecule has 1 aromatic heterocycles. The Hall–Kier alpha value is -1.63. The quantitative estimate of drug-likeness (QED) is 0.714. The first-order valence-corrected chi connectivity index (χ1v) is 8.69. The zero-order valence-electron chi connectivity index (χ0n) is 13.9. The Balaban J connectivity index is 1.47. The first-order valence-electron chi connectivity index (χ1n) is 8.69. The monoisotopic (exact) mass is 293 g/mol. The Kier molecular flexibility index (Phi) is 4.92. The molecule has 0 atom stereocenters. The van der Waals surface area contributed by atoms with Crippen LogP contribution in [0.4, 0.5) is 0 Å². The number of hydrogen-bond acceptors (Lipinski definition) is 1. The van der Waals surface area contributed by atoms with Crippen molar-refractivity contribution in [1.82, 2.24) is 4.98 Å². The van der Waals surface area contributed by atoms with Gasteiger partial charge in [-0.3, -0.25) is 4.98 Å². The van der Waals surface area contributed by atoms with Crippen molar-refractivity contribution >= 4 is 0 Å². The lowest BCUT2D eigenvalue weighted by Gasteiger charge is -2.29. The van der Waals surface area contributed by atoms with Gasteiger partial charge in [-0.2, -0.15) is 0 Å². The van der Waals surface area contributed by atoms with Gasteiger partial charge >= 0.3 is 0 Å². The van der Waals surface area contributed by atoms with Crippen LogP contribution in [0.25, 0.3) is 0 Å². The van der Waals surface area contributed by atoms with Crippen molar-refractivity contribution in [2.45, 2.75) is 58.3 Å². The van der Waals surface area contributed by atoms with Gasteiger partial charge in [0.2, 0.25) is 0 Å². The van der Waals surface area contributed by atoms with Crippen LogP contribution >= 0.6 is 0 Å². The van der Waals surface area contributed by atoms with Crippen LogP contribution in [0.3, 0.4) is 0 Å². The second-order valence-corrected chi connectivity index (χ2v) is 6.99. The molecule has 1 heteroatoms. The highest BCUT2D eigenvalue weighted by Gasteiger charge is 2.22. The van der Waals surface area contributed by atoms with Crippen molar-refractivity contribution in [3.05, 3.63) is 65.0 Å². The van der Waals surface area contributed by atoms with E-state index in [0.717, 1.165) is 18.3 Å². The van der Waals surface area contributed by atoms with Crippen LogP contribution in [0.1, 0.15) is 60.4 Å². The van der Waals surface area contributed by atoms with E-state index in [9.17, 15) is 0 Å². The van der Waals surface area contributed by atoms with E-state index in [1.807, 2.05) is 6.20 Å². The summed E-state index contributed by atoms with van der Waals surface area (Å²) in [7, 11) is 0. The lowest BCUT2D eigenvalue weighted by atomic mass is 9.77. The average Bonchev–Trinajstić information content (AvgIpc) is 2.56. The summed E-state index contributed by atoms with van der Waals surface area (Å²) in [6.45, 7) is 4.27. The molecule has 22 heavy (non-hydrogen) atoms. The second-order valence-electron chi connectivity index (χ2n) is 6.99. The first kappa shape index (κ1) is 15.3. The standard InChI is InChI=1S/C21H27N/c1-16-3-9-19(10-4-16)20-11-6-18(7-12-20)8-14-21-13-5-17(2)15-22-21/h3-5,9-10,13,15,18,20H,6-8,11-12,14H2,1-2H3. The summed E-state index contributed by atoms with van der Waals surface area (Å²) in [6, 6.07) is 13.5. The molecule has 0 radical (unpaired) electrons. The molecule has 1 aromatic carbocycles. The van der Waals surface area contributed by atoms with Crippen molar-refractivity contribution in [3.8, 4) is 0 Å². The lowest BCUT2D eigenvalue weighted by molar-refractivity contribution is 0.310. The van der Waals surface area contributed by atoms with Crippen LogP contribution in [0.2, 0.25) is 0 Å². The molecule has 0 saturated heterocycles. The van der Waals surface area contributed by atoms with Crippen molar-refractivity contribution in [2.75, 3.05) is 0 Å². The molecule has 1 aliphatic rings. The molecular formula is C21H27N. The van der Waals surface area contributed by atoms with E-state index < -0.39 is 0 Å². The van der Waals surface area contributed by atoms with Crippen molar-refractivity contribution in [3.63, 3.8) is 0 Å². The minimum absolute atomic E-state index is 0.786. The van der Waals surface area contributed by atoms with Gasteiger partial charge in [-0.05, 0) is 81.4 Å². The average molecular weight is 293 g/mol. The third kappa shape index (κ3) is 3.97. The van der Waals surface area contributed by atoms with Gasteiger partial charge in [-0.1, -0.05) is 35.9 Å². The van der Waals surface area contributed by atoms with Crippen molar-refractivity contribution < 1.29 is 0 Å². The minimum atomic E-state index is 0.786. The SMILES string of the molecule is Cc1ccc(C2CCC(CCc3ccc(C)cn3)CC2)cc1. The third-order valence-corrected chi connectivity index (χ3v) is 5.18. The maximum Gasteiger partial charge on any atom is 0.0403 e. The molecule has 1 nitrogen and oxygen atoms in total. The Bertz CT molecular complexity index is 574. The van der Waals surface area contributed by atoms with Gasteiger partial charge in [-0.15, -0.1) is 0 Å². The smallest absolute Gasteiger partial charge is 0.0403 e. The molecule has 3 rings (SSSR count). The van der Waals surface area contributed by atoms with Crippen LogP contribution < -0.4 is 0 Å². The first-order chi connectivity index (χ1) is 10.7. The van der Waals surface area contributed by atoms with E-state index in [4.69, 9.17) is 0 Å². The largest absolute Gasteiger partial charge is 0.261 e. The number of pyridine rings is 1. The second kappa shape index (κ2) is 7.09. The maximum atomic E-state index is 4.53. The zero-order valence-corrected chi connectivity index (χ0v) is 13.9. The Morgan fingerprint density at radius 1 is 0.864 bits per heavy atom. The summed E-state index contributed by atoms with van der Waals surface area (Å²) in [4.78, 5) is 4.53. The summed E-state index contributed by atoms with van der Waals surface area (Å²) in [5.74, 6) is 1.68. The van der Waals surface area contributed by atoms with Gasteiger partial charge in [-0.25, -0.2) is 0 Å². The van der Waals surface area contributed by atoms with Crippen molar-refractivity contribution in [2.24, 2.45) is 5.92 Å². The highest BCUT2D eigenvalue weighted by Crippen LogP contribution is 2.37. The molecule has 1 saturated carbocycles. The summed E-state index contributed by atoms with van der Waals surface area (Å²) < 4.78 is 0. The van der Waals surface area contributed by atoms with Crippen molar-refractivity contribution in [1.29, 1.82) is 0 Å². The predicted molar refractivity (Wildman–Crippen MR) is 93.2 cm³/mol. The molecule has 0 N–H and O–H groups in total. The summed E-state index contributed by atoms with van der Waals surface area (Å²) >= 11 is 0. The number of rotatable bonds is 4.